The number of aliphatic imine (C=N–C) groups is 1. The number of nitrogens with zero attached hydrogens (tertiary/aromatic N) is 3. The molecular formula is C19H18ClN3O2S. The van der Waals surface area contributed by atoms with Crippen LogP contribution in [0.25, 0.3) is 6.08 Å². The van der Waals surface area contributed by atoms with Gasteiger partial charge in [0, 0.05) is 24.5 Å². The zero-order chi connectivity index (χ0) is 17.9. The highest BCUT2D eigenvalue weighted by Crippen LogP contribution is 2.39. The van der Waals surface area contributed by atoms with Gasteiger partial charge in [-0.25, -0.2) is 4.99 Å². The molecule has 7 heteroatoms. The second-order valence-corrected chi connectivity index (χ2v) is 7.73. The third kappa shape index (κ3) is 3.57. The van der Waals surface area contributed by atoms with Gasteiger partial charge in [-0.05, 0) is 42.8 Å². The van der Waals surface area contributed by atoms with Crippen molar-refractivity contribution in [3.05, 3.63) is 52.5 Å². The van der Waals surface area contributed by atoms with Crippen LogP contribution < -0.4 is 0 Å². The number of furan rings is 1. The van der Waals surface area contributed by atoms with Crippen LogP contribution in [-0.2, 0) is 4.79 Å². The monoisotopic (exact) mass is 387 g/mol. The van der Waals surface area contributed by atoms with Crippen molar-refractivity contribution in [2.45, 2.75) is 38.1 Å². The molecule has 134 valence electrons. The second kappa shape index (κ2) is 7.68. The number of amidine groups is 1. The van der Waals surface area contributed by atoms with Crippen LogP contribution in [0.15, 0.2) is 51.2 Å². The molecule has 2 aliphatic rings. The zero-order valence-electron chi connectivity index (χ0n) is 14.1. The minimum absolute atomic E-state index is 0.0118. The summed E-state index contributed by atoms with van der Waals surface area (Å²) in [7, 11) is 0. The number of hydrogen-bond donors (Lipinski definition) is 0. The molecule has 0 bridgehead atoms. The molecule has 1 amide bonds. The number of rotatable bonds is 3. The molecule has 0 N–H and O–H groups in total. The second-order valence-electron chi connectivity index (χ2n) is 6.31. The molecule has 4 rings (SSSR count). The number of carbonyl (C=O) groups excluding carboxylic acids is 1. The molecule has 26 heavy (non-hydrogen) atoms. The summed E-state index contributed by atoms with van der Waals surface area (Å²) in [4.78, 5) is 24.2. The van der Waals surface area contributed by atoms with Gasteiger partial charge in [0.1, 0.15) is 5.76 Å². The summed E-state index contributed by atoms with van der Waals surface area (Å²) in [5.74, 6) is 0.648. The summed E-state index contributed by atoms with van der Waals surface area (Å²) in [5.41, 5.74) is 0.622. The predicted molar refractivity (Wildman–Crippen MR) is 104 cm³/mol. The largest absolute Gasteiger partial charge is 0.465 e. The molecule has 5 nitrogen and oxygen atoms in total. The van der Waals surface area contributed by atoms with Gasteiger partial charge in [0.2, 0.25) is 0 Å². The molecule has 0 radical (unpaired) electrons. The molecule has 0 unspecified atom stereocenters. The minimum atomic E-state index is -0.0118. The molecule has 2 aromatic heterocycles. The van der Waals surface area contributed by atoms with E-state index in [0.717, 1.165) is 25.7 Å². The van der Waals surface area contributed by atoms with Gasteiger partial charge in [-0.3, -0.25) is 14.7 Å². The predicted octanol–water partition coefficient (Wildman–Crippen LogP) is 5.26. The Morgan fingerprint density at radius 3 is 2.88 bits per heavy atom. The van der Waals surface area contributed by atoms with Gasteiger partial charge in [-0.15, -0.1) is 0 Å². The van der Waals surface area contributed by atoms with Crippen LogP contribution in [0.2, 0.25) is 5.02 Å². The Kier molecular flexibility index (Phi) is 5.13. The van der Waals surface area contributed by atoms with Crippen molar-refractivity contribution in [3.8, 4) is 0 Å². The average Bonchev–Trinajstić information content (AvgIpc) is 3.27. The van der Waals surface area contributed by atoms with Gasteiger partial charge >= 0.3 is 0 Å². The molecule has 1 aliphatic carbocycles. The van der Waals surface area contributed by atoms with Crippen LogP contribution in [0.3, 0.4) is 0 Å². The Labute approximate surface area is 161 Å². The third-order valence-corrected chi connectivity index (χ3v) is 5.83. The van der Waals surface area contributed by atoms with Crippen molar-refractivity contribution < 1.29 is 9.21 Å². The van der Waals surface area contributed by atoms with Crippen LogP contribution in [0.1, 0.15) is 37.9 Å². The maximum atomic E-state index is 13.1. The fourth-order valence-electron chi connectivity index (χ4n) is 3.29. The third-order valence-electron chi connectivity index (χ3n) is 4.56. The van der Waals surface area contributed by atoms with Gasteiger partial charge in [0.25, 0.3) is 5.91 Å². The first-order valence-corrected chi connectivity index (χ1v) is 9.86. The maximum absolute atomic E-state index is 13.1. The lowest BCUT2D eigenvalue weighted by atomic mass is 9.94. The van der Waals surface area contributed by atoms with Crippen molar-refractivity contribution >= 4 is 46.2 Å². The number of halogens is 1. The molecule has 1 aliphatic heterocycles. The smallest absolute Gasteiger partial charge is 0.267 e. The first kappa shape index (κ1) is 17.4. The molecule has 0 atom stereocenters. The lowest BCUT2D eigenvalue weighted by Gasteiger charge is -2.30. The van der Waals surface area contributed by atoms with Crippen LogP contribution in [-0.4, -0.2) is 27.0 Å². The van der Waals surface area contributed by atoms with E-state index in [0.29, 0.717) is 26.5 Å². The molecule has 2 aromatic rings. The molecule has 0 spiro atoms. The van der Waals surface area contributed by atoms with Crippen molar-refractivity contribution in [1.82, 2.24) is 9.88 Å². The number of carbonyl (C=O) groups is 1. The quantitative estimate of drug-likeness (QED) is 0.673. The van der Waals surface area contributed by atoms with Crippen molar-refractivity contribution in [2.24, 2.45) is 4.99 Å². The summed E-state index contributed by atoms with van der Waals surface area (Å²) in [6.07, 6.45) is 12.1. The van der Waals surface area contributed by atoms with Gasteiger partial charge < -0.3 is 4.42 Å². The molecule has 3 heterocycles. The van der Waals surface area contributed by atoms with Gasteiger partial charge in [0.05, 0.1) is 21.9 Å². The SMILES string of the molecule is O=C1/C(=C\c2ccco2)SC(=Nc2ccncc2Cl)N1C1CCCCC1. The first-order chi connectivity index (χ1) is 12.7. The summed E-state index contributed by atoms with van der Waals surface area (Å²) >= 11 is 7.58. The zero-order valence-corrected chi connectivity index (χ0v) is 15.7. The van der Waals surface area contributed by atoms with Crippen LogP contribution >= 0.6 is 23.4 Å². The topological polar surface area (TPSA) is 58.7 Å². The van der Waals surface area contributed by atoms with E-state index in [-0.39, 0.29) is 11.9 Å². The Balaban J connectivity index is 1.71. The van der Waals surface area contributed by atoms with Crippen LogP contribution in [0.4, 0.5) is 5.69 Å². The highest BCUT2D eigenvalue weighted by molar-refractivity contribution is 8.18. The summed E-state index contributed by atoms with van der Waals surface area (Å²) in [6, 6.07) is 5.58. The van der Waals surface area contributed by atoms with Crippen molar-refractivity contribution in [2.75, 3.05) is 0 Å². The fourth-order valence-corrected chi connectivity index (χ4v) is 4.48. The van der Waals surface area contributed by atoms with Crippen molar-refractivity contribution in [3.63, 3.8) is 0 Å². The molecular weight excluding hydrogens is 370 g/mol. The highest BCUT2D eigenvalue weighted by atomic mass is 35.5. The Morgan fingerprint density at radius 1 is 1.31 bits per heavy atom. The lowest BCUT2D eigenvalue weighted by molar-refractivity contribution is -0.124. The van der Waals surface area contributed by atoms with E-state index in [9.17, 15) is 4.79 Å². The van der Waals surface area contributed by atoms with Gasteiger partial charge in [-0.1, -0.05) is 30.9 Å². The van der Waals surface area contributed by atoms with Gasteiger partial charge in [0.15, 0.2) is 5.17 Å². The Morgan fingerprint density at radius 2 is 2.15 bits per heavy atom. The average molecular weight is 388 g/mol. The van der Waals surface area contributed by atoms with Crippen molar-refractivity contribution in [1.29, 1.82) is 0 Å². The van der Waals surface area contributed by atoms with Gasteiger partial charge in [-0.2, -0.15) is 0 Å². The molecule has 0 aromatic carbocycles. The number of thioether (sulfide) groups is 1. The Hall–Kier alpha value is -2.05. The number of aromatic nitrogens is 1. The summed E-state index contributed by atoms with van der Waals surface area (Å²) in [6.45, 7) is 0. The molecule has 2 fully saturated rings. The van der Waals surface area contributed by atoms with E-state index < -0.39 is 0 Å². The van der Waals surface area contributed by atoms with Crippen LogP contribution in [0, 0.1) is 0 Å². The van der Waals surface area contributed by atoms with E-state index in [1.165, 1.54) is 18.2 Å². The maximum Gasteiger partial charge on any atom is 0.267 e. The standard InChI is InChI=1S/C19H18ClN3O2S/c20-15-12-21-9-8-16(15)22-19-23(13-5-2-1-3-6-13)18(24)17(26-19)11-14-7-4-10-25-14/h4,7-13H,1-3,5-6H2/b17-11+,22-19?. The fraction of sp³-hybridized carbons (Fsp3) is 0.316. The minimum Gasteiger partial charge on any atom is -0.465 e. The summed E-state index contributed by atoms with van der Waals surface area (Å²) < 4.78 is 5.37. The van der Waals surface area contributed by atoms with E-state index in [2.05, 4.69) is 9.98 Å². The number of hydrogen-bond acceptors (Lipinski definition) is 5. The van der Waals surface area contributed by atoms with E-state index >= 15 is 0 Å². The molecule has 1 saturated heterocycles. The number of amides is 1. The Bertz CT molecular complexity index is 857. The first-order valence-electron chi connectivity index (χ1n) is 8.67. The van der Waals surface area contributed by atoms with E-state index in [1.807, 2.05) is 11.0 Å². The molecule has 1 saturated carbocycles. The highest BCUT2D eigenvalue weighted by Gasteiger charge is 2.38. The van der Waals surface area contributed by atoms with E-state index in [4.69, 9.17) is 16.0 Å². The van der Waals surface area contributed by atoms with E-state index in [1.54, 1.807) is 36.9 Å². The lowest BCUT2D eigenvalue weighted by Crippen LogP contribution is -2.40. The summed E-state index contributed by atoms with van der Waals surface area (Å²) in [5, 5.41) is 1.15. The normalized spacial score (nSPS) is 21.9. The van der Waals surface area contributed by atoms with Crippen LogP contribution in [0.5, 0.6) is 0 Å². The number of pyridine rings is 1.